The Labute approximate surface area is 113 Å². The number of carbonyl (C=O) groups excluding carboxylic acids is 1. The van der Waals surface area contributed by atoms with Crippen LogP contribution in [0.15, 0.2) is 41.3 Å². The van der Waals surface area contributed by atoms with Crippen LogP contribution in [0.2, 0.25) is 0 Å². The molecule has 18 heavy (non-hydrogen) atoms. The molecule has 0 aromatic carbocycles. The quantitative estimate of drug-likeness (QED) is 0.946. The lowest BCUT2D eigenvalue weighted by Gasteiger charge is -2.08. The van der Waals surface area contributed by atoms with Crippen LogP contribution in [-0.4, -0.2) is 15.5 Å². The molecule has 0 saturated heterocycles. The van der Waals surface area contributed by atoms with Crippen LogP contribution in [-0.2, 0) is 0 Å². The minimum absolute atomic E-state index is 0.0967. The second-order valence-corrected chi connectivity index (χ2v) is 5.29. The molecule has 0 aliphatic heterocycles. The van der Waals surface area contributed by atoms with Gasteiger partial charge >= 0.3 is 0 Å². The average molecular weight is 306 g/mol. The normalized spacial score (nSPS) is 14.5. The van der Waals surface area contributed by atoms with E-state index in [2.05, 4.69) is 26.2 Å². The summed E-state index contributed by atoms with van der Waals surface area (Å²) in [6.45, 7) is 0. The summed E-state index contributed by atoms with van der Waals surface area (Å²) in [6, 6.07) is 5.95. The second kappa shape index (κ2) is 4.57. The Morgan fingerprint density at radius 3 is 3.00 bits per heavy atom. The van der Waals surface area contributed by atoms with Crippen molar-refractivity contribution >= 4 is 27.5 Å². The van der Waals surface area contributed by atoms with Gasteiger partial charge in [0, 0.05) is 22.9 Å². The summed E-state index contributed by atoms with van der Waals surface area (Å²) in [4.78, 5) is 16.2. The highest BCUT2D eigenvalue weighted by atomic mass is 79.9. The van der Waals surface area contributed by atoms with Gasteiger partial charge in [-0.25, -0.2) is 0 Å². The van der Waals surface area contributed by atoms with Crippen LogP contribution in [0, 0.1) is 0 Å². The SMILES string of the molecule is O=C(Nc1cccnc1)c1cc(Br)cn1C1CC1. The monoisotopic (exact) mass is 305 g/mol. The van der Waals surface area contributed by atoms with Crippen LogP contribution in [0.5, 0.6) is 0 Å². The number of hydrogen-bond donors (Lipinski definition) is 1. The van der Waals surface area contributed by atoms with Crippen LogP contribution in [0.25, 0.3) is 0 Å². The smallest absolute Gasteiger partial charge is 0.272 e. The van der Waals surface area contributed by atoms with Gasteiger partial charge in [-0.1, -0.05) is 0 Å². The fraction of sp³-hybridized carbons (Fsp3) is 0.231. The molecule has 0 bridgehead atoms. The van der Waals surface area contributed by atoms with Crippen LogP contribution < -0.4 is 5.32 Å². The Morgan fingerprint density at radius 1 is 1.50 bits per heavy atom. The second-order valence-electron chi connectivity index (χ2n) is 4.38. The van der Waals surface area contributed by atoms with Crippen molar-refractivity contribution in [3.05, 3.63) is 47.0 Å². The zero-order valence-electron chi connectivity index (χ0n) is 9.64. The van der Waals surface area contributed by atoms with Crippen LogP contribution in [0.4, 0.5) is 5.69 Å². The van der Waals surface area contributed by atoms with Crippen LogP contribution in [0.1, 0.15) is 29.4 Å². The van der Waals surface area contributed by atoms with Gasteiger partial charge in [-0.15, -0.1) is 0 Å². The third-order valence-corrected chi connectivity index (χ3v) is 3.34. The minimum Gasteiger partial charge on any atom is -0.339 e. The predicted molar refractivity (Wildman–Crippen MR) is 72.6 cm³/mol. The first kappa shape index (κ1) is 11.5. The number of hydrogen-bond acceptors (Lipinski definition) is 2. The first-order valence-electron chi connectivity index (χ1n) is 5.83. The Balaban J connectivity index is 1.84. The molecular formula is C13H12BrN3O. The van der Waals surface area contributed by atoms with Gasteiger partial charge in [-0.2, -0.15) is 0 Å². The fourth-order valence-corrected chi connectivity index (χ4v) is 2.35. The summed E-state index contributed by atoms with van der Waals surface area (Å²) in [7, 11) is 0. The first-order chi connectivity index (χ1) is 8.74. The topological polar surface area (TPSA) is 46.9 Å². The maximum atomic E-state index is 12.2. The van der Waals surface area contributed by atoms with Gasteiger partial charge in [0.1, 0.15) is 5.69 Å². The molecule has 1 N–H and O–H groups in total. The van der Waals surface area contributed by atoms with E-state index >= 15 is 0 Å². The van der Waals surface area contributed by atoms with E-state index in [1.807, 2.05) is 22.9 Å². The molecular weight excluding hydrogens is 294 g/mol. The summed E-state index contributed by atoms with van der Waals surface area (Å²) in [5, 5.41) is 2.85. The summed E-state index contributed by atoms with van der Waals surface area (Å²) < 4.78 is 2.97. The molecule has 1 aliphatic rings. The lowest BCUT2D eigenvalue weighted by atomic mass is 10.3. The first-order valence-corrected chi connectivity index (χ1v) is 6.62. The molecule has 4 nitrogen and oxygen atoms in total. The Kier molecular flexibility index (Phi) is 2.91. The zero-order valence-corrected chi connectivity index (χ0v) is 11.2. The predicted octanol–water partition coefficient (Wildman–Crippen LogP) is 3.23. The number of pyridine rings is 1. The number of nitrogens with one attached hydrogen (secondary N) is 1. The lowest BCUT2D eigenvalue weighted by Crippen LogP contribution is -2.16. The highest BCUT2D eigenvalue weighted by molar-refractivity contribution is 9.10. The molecule has 2 aromatic rings. The molecule has 2 heterocycles. The van der Waals surface area contributed by atoms with E-state index in [4.69, 9.17) is 0 Å². The third-order valence-electron chi connectivity index (χ3n) is 2.91. The van der Waals surface area contributed by atoms with Gasteiger partial charge in [-0.05, 0) is 47.0 Å². The van der Waals surface area contributed by atoms with Gasteiger partial charge in [-0.3, -0.25) is 9.78 Å². The van der Waals surface area contributed by atoms with Gasteiger partial charge in [0.15, 0.2) is 0 Å². The van der Waals surface area contributed by atoms with Gasteiger partial charge in [0.25, 0.3) is 5.91 Å². The van der Waals surface area contributed by atoms with Crippen molar-refractivity contribution in [1.29, 1.82) is 0 Å². The van der Waals surface area contributed by atoms with E-state index in [0.29, 0.717) is 17.4 Å². The Hall–Kier alpha value is -1.62. The largest absolute Gasteiger partial charge is 0.339 e. The van der Waals surface area contributed by atoms with E-state index in [0.717, 1.165) is 17.3 Å². The van der Waals surface area contributed by atoms with Crippen LogP contribution in [0.3, 0.4) is 0 Å². The number of nitrogens with zero attached hydrogens (tertiary/aromatic N) is 2. The number of aromatic nitrogens is 2. The van der Waals surface area contributed by atoms with Crippen LogP contribution >= 0.6 is 15.9 Å². The van der Waals surface area contributed by atoms with Crippen molar-refractivity contribution in [2.45, 2.75) is 18.9 Å². The summed E-state index contributed by atoms with van der Waals surface area (Å²) in [5.74, 6) is -0.0967. The van der Waals surface area contributed by atoms with Crippen molar-refractivity contribution in [2.24, 2.45) is 0 Å². The molecule has 2 aromatic heterocycles. The molecule has 1 amide bonds. The van der Waals surface area contributed by atoms with E-state index in [1.165, 1.54) is 0 Å². The highest BCUT2D eigenvalue weighted by Gasteiger charge is 2.27. The van der Waals surface area contributed by atoms with E-state index in [-0.39, 0.29) is 5.91 Å². The summed E-state index contributed by atoms with van der Waals surface area (Å²) in [6.07, 6.45) is 7.58. The van der Waals surface area contributed by atoms with E-state index in [1.54, 1.807) is 18.5 Å². The lowest BCUT2D eigenvalue weighted by molar-refractivity contribution is 0.101. The average Bonchev–Trinajstić information content (AvgIpc) is 3.13. The maximum absolute atomic E-state index is 12.2. The molecule has 0 unspecified atom stereocenters. The van der Waals surface area contributed by atoms with Crippen molar-refractivity contribution in [1.82, 2.24) is 9.55 Å². The number of anilines is 1. The van der Waals surface area contributed by atoms with Gasteiger partial charge in [0.2, 0.25) is 0 Å². The molecule has 5 heteroatoms. The summed E-state index contributed by atoms with van der Waals surface area (Å²) in [5.41, 5.74) is 1.40. The van der Waals surface area contributed by atoms with E-state index < -0.39 is 0 Å². The maximum Gasteiger partial charge on any atom is 0.272 e. The van der Waals surface area contributed by atoms with Crippen molar-refractivity contribution in [3.8, 4) is 0 Å². The van der Waals surface area contributed by atoms with Crippen molar-refractivity contribution in [2.75, 3.05) is 5.32 Å². The molecule has 1 fully saturated rings. The number of amides is 1. The molecule has 3 rings (SSSR count). The molecule has 92 valence electrons. The van der Waals surface area contributed by atoms with Crippen molar-refractivity contribution in [3.63, 3.8) is 0 Å². The number of halogens is 1. The molecule has 0 atom stereocenters. The standard InChI is InChI=1S/C13H12BrN3O/c14-9-6-12(17(8-9)11-3-4-11)13(18)16-10-2-1-5-15-7-10/h1-2,5-8,11H,3-4H2,(H,16,18). The molecule has 1 aliphatic carbocycles. The third kappa shape index (κ3) is 2.31. The van der Waals surface area contributed by atoms with Gasteiger partial charge < -0.3 is 9.88 Å². The van der Waals surface area contributed by atoms with Gasteiger partial charge in [0.05, 0.1) is 11.9 Å². The minimum atomic E-state index is -0.0967. The van der Waals surface area contributed by atoms with Crippen molar-refractivity contribution < 1.29 is 4.79 Å². The molecule has 0 spiro atoms. The zero-order chi connectivity index (χ0) is 12.5. The summed E-state index contributed by atoms with van der Waals surface area (Å²) >= 11 is 3.42. The Bertz CT molecular complexity index is 575. The van der Waals surface area contributed by atoms with E-state index in [9.17, 15) is 4.79 Å². The fourth-order valence-electron chi connectivity index (χ4n) is 1.91. The molecule has 1 saturated carbocycles. The highest BCUT2D eigenvalue weighted by Crippen LogP contribution is 2.37. The number of rotatable bonds is 3. The number of carbonyl (C=O) groups is 1. The Morgan fingerprint density at radius 2 is 2.33 bits per heavy atom. The molecule has 0 radical (unpaired) electrons.